The summed E-state index contributed by atoms with van der Waals surface area (Å²) in [6, 6.07) is 18.9. The zero-order valence-corrected chi connectivity index (χ0v) is 18.8. The van der Waals surface area contributed by atoms with Crippen molar-refractivity contribution in [3.8, 4) is 11.3 Å². The number of pyridine rings is 1. The van der Waals surface area contributed by atoms with Crippen LogP contribution in [0.15, 0.2) is 70.5 Å². The van der Waals surface area contributed by atoms with Crippen molar-refractivity contribution in [3.05, 3.63) is 93.3 Å². The fourth-order valence-electron chi connectivity index (χ4n) is 3.93. The minimum absolute atomic E-state index is 0.236. The molecule has 0 amide bonds. The maximum atomic E-state index is 13.8. The Kier molecular flexibility index (Phi) is 7.35. The molecule has 0 atom stereocenters. The summed E-state index contributed by atoms with van der Waals surface area (Å²) < 4.78 is 2.12. The number of aliphatic imine (C=N–C) groups is 1. The summed E-state index contributed by atoms with van der Waals surface area (Å²) in [5.74, 6) is -0.239. The van der Waals surface area contributed by atoms with Gasteiger partial charge in [-0.15, -0.1) is 0 Å². The monoisotopic (exact) mass is 414 g/mol. The number of hydrogen-bond donors (Lipinski definition) is 0. The van der Waals surface area contributed by atoms with Gasteiger partial charge in [0.1, 0.15) is 0 Å². The quantitative estimate of drug-likeness (QED) is 0.351. The van der Waals surface area contributed by atoms with E-state index in [1.807, 2.05) is 62.4 Å². The Balaban J connectivity index is 2.41. The molecular formula is C27H30N2O2. The van der Waals surface area contributed by atoms with E-state index in [1.54, 1.807) is 12.1 Å². The second-order valence-corrected chi connectivity index (χ2v) is 7.69. The maximum absolute atomic E-state index is 13.8. The van der Waals surface area contributed by atoms with E-state index in [1.165, 1.54) is 0 Å². The molecule has 0 radical (unpaired) electrons. The minimum atomic E-state index is -0.241. The van der Waals surface area contributed by atoms with Gasteiger partial charge in [-0.3, -0.25) is 14.6 Å². The normalized spacial score (nSPS) is 11.5. The van der Waals surface area contributed by atoms with Crippen LogP contribution < -0.4 is 5.43 Å². The molecule has 0 aliphatic carbocycles. The lowest BCUT2D eigenvalue weighted by Gasteiger charge is -2.23. The summed E-state index contributed by atoms with van der Waals surface area (Å²) in [6.45, 7) is 9.26. The van der Waals surface area contributed by atoms with Crippen LogP contribution >= 0.6 is 0 Å². The van der Waals surface area contributed by atoms with Gasteiger partial charge in [-0.2, -0.15) is 0 Å². The average molecular weight is 415 g/mol. The second kappa shape index (κ2) is 10.2. The van der Waals surface area contributed by atoms with Gasteiger partial charge < -0.3 is 4.57 Å². The summed E-state index contributed by atoms with van der Waals surface area (Å²) in [5, 5.41) is 0. The third-order valence-corrected chi connectivity index (χ3v) is 5.42. The summed E-state index contributed by atoms with van der Waals surface area (Å²) in [4.78, 5) is 31.9. The Morgan fingerprint density at radius 2 is 1.52 bits per heavy atom. The number of nitrogens with zero attached hydrogens (tertiary/aromatic N) is 2. The van der Waals surface area contributed by atoms with Crippen LogP contribution in [0.25, 0.3) is 11.3 Å². The molecule has 160 valence electrons. The smallest absolute Gasteiger partial charge is 0.202 e. The minimum Gasteiger partial charge on any atom is -0.343 e. The van der Waals surface area contributed by atoms with E-state index >= 15 is 0 Å². The first kappa shape index (κ1) is 22.4. The molecule has 2 aromatic carbocycles. The van der Waals surface area contributed by atoms with Crippen molar-refractivity contribution in [2.24, 2.45) is 4.99 Å². The Bertz CT molecular complexity index is 1140. The van der Waals surface area contributed by atoms with Crippen LogP contribution in [-0.2, 0) is 6.54 Å². The molecule has 0 saturated carbocycles. The van der Waals surface area contributed by atoms with E-state index in [2.05, 4.69) is 23.4 Å². The first-order chi connectivity index (χ1) is 15.0. The molecule has 0 saturated heterocycles. The summed E-state index contributed by atoms with van der Waals surface area (Å²) in [6.07, 6.45) is 1.77. The zero-order chi connectivity index (χ0) is 22.4. The summed E-state index contributed by atoms with van der Waals surface area (Å²) in [7, 11) is 0. The van der Waals surface area contributed by atoms with Crippen LogP contribution in [0.1, 0.15) is 60.8 Å². The second-order valence-electron chi connectivity index (χ2n) is 7.69. The Labute approximate surface area is 184 Å². The number of carbonyl (C=O) groups is 1. The van der Waals surface area contributed by atoms with Crippen LogP contribution in [-0.4, -0.2) is 22.6 Å². The van der Waals surface area contributed by atoms with Gasteiger partial charge in [0, 0.05) is 30.1 Å². The zero-order valence-electron chi connectivity index (χ0n) is 18.8. The molecule has 0 aliphatic heterocycles. The Morgan fingerprint density at radius 1 is 0.903 bits per heavy atom. The van der Waals surface area contributed by atoms with E-state index in [0.717, 1.165) is 24.1 Å². The topological polar surface area (TPSA) is 51.4 Å². The molecule has 0 aliphatic rings. The third-order valence-electron chi connectivity index (χ3n) is 5.42. The third kappa shape index (κ3) is 4.58. The van der Waals surface area contributed by atoms with Crippen molar-refractivity contribution in [1.82, 2.24) is 4.57 Å². The number of aromatic nitrogens is 1. The van der Waals surface area contributed by atoms with Crippen molar-refractivity contribution in [2.45, 2.75) is 47.1 Å². The molecule has 0 N–H and O–H groups in total. The standard InChI is InChI=1S/C27H30N2O2/c1-5-17-28-19(3)23-25(21-13-9-7-10-14-21)29(18-6-2)20(4)24(27(23)31)26(30)22-15-11-8-12-16-22/h7-16H,5-6,17-18H2,1-4H3. The van der Waals surface area contributed by atoms with Crippen LogP contribution in [0.4, 0.5) is 0 Å². The molecule has 1 aromatic heterocycles. The summed E-state index contributed by atoms with van der Waals surface area (Å²) in [5.41, 5.74) is 4.22. The lowest BCUT2D eigenvalue weighted by Crippen LogP contribution is -2.30. The molecule has 0 bridgehead atoms. The van der Waals surface area contributed by atoms with E-state index in [0.29, 0.717) is 35.6 Å². The molecule has 1 heterocycles. The number of benzene rings is 2. The summed E-state index contributed by atoms with van der Waals surface area (Å²) >= 11 is 0. The SMILES string of the molecule is CCCN=C(C)c1c(-c2ccccc2)n(CCC)c(C)c(C(=O)c2ccccc2)c1=O. The highest BCUT2D eigenvalue weighted by molar-refractivity contribution is 6.12. The van der Waals surface area contributed by atoms with E-state index in [9.17, 15) is 9.59 Å². The van der Waals surface area contributed by atoms with E-state index in [4.69, 9.17) is 0 Å². The predicted octanol–water partition coefficient (Wildman–Crippen LogP) is 5.68. The lowest BCUT2D eigenvalue weighted by molar-refractivity contribution is 0.103. The molecule has 3 aromatic rings. The van der Waals surface area contributed by atoms with Crippen LogP contribution in [0, 0.1) is 6.92 Å². The van der Waals surface area contributed by atoms with Gasteiger partial charge in [-0.05, 0) is 32.3 Å². The van der Waals surface area contributed by atoms with Gasteiger partial charge in [0.05, 0.1) is 16.8 Å². The molecule has 4 nitrogen and oxygen atoms in total. The number of carbonyl (C=O) groups excluding carboxylic acids is 1. The van der Waals surface area contributed by atoms with Gasteiger partial charge in [0.2, 0.25) is 5.43 Å². The molecule has 4 heteroatoms. The molecule has 0 fully saturated rings. The number of rotatable bonds is 8. The Morgan fingerprint density at radius 3 is 2.10 bits per heavy atom. The lowest BCUT2D eigenvalue weighted by atomic mass is 9.93. The molecule has 3 rings (SSSR count). The van der Waals surface area contributed by atoms with Crippen molar-refractivity contribution in [3.63, 3.8) is 0 Å². The highest BCUT2D eigenvalue weighted by atomic mass is 16.1. The van der Waals surface area contributed by atoms with Crippen LogP contribution in [0.2, 0.25) is 0 Å². The van der Waals surface area contributed by atoms with Gasteiger partial charge in [0.25, 0.3) is 0 Å². The largest absolute Gasteiger partial charge is 0.343 e. The fraction of sp³-hybridized carbons (Fsp3) is 0.296. The molecule has 0 spiro atoms. The van der Waals surface area contributed by atoms with Crippen LogP contribution in [0.3, 0.4) is 0 Å². The predicted molar refractivity (Wildman–Crippen MR) is 128 cm³/mol. The van der Waals surface area contributed by atoms with Gasteiger partial charge in [0.15, 0.2) is 5.78 Å². The van der Waals surface area contributed by atoms with E-state index < -0.39 is 0 Å². The van der Waals surface area contributed by atoms with Gasteiger partial charge in [-0.1, -0.05) is 74.5 Å². The van der Waals surface area contributed by atoms with E-state index in [-0.39, 0.29) is 16.8 Å². The molecular weight excluding hydrogens is 384 g/mol. The van der Waals surface area contributed by atoms with Crippen molar-refractivity contribution in [1.29, 1.82) is 0 Å². The first-order valence-electron chi connectivity index (χ1n) is 10.9. The number of ketones is 1. The fourth-order valence-corrected chi connectivity index (χ4v) is 3.93. The van der Waals surface area contributed by atoms with Gasteiger partial charge in [-0.25, -0.2) is 0 Å². The van der Waals surface area contributed by atoms with Gasteiger partial charge >= 0.3 is 0 Å². The number of hydrogen-bond acceptors (Lipinski definition) is 3. The first-order valence-corrected chi connectivity index (χ1v) is 10.9. The van der Waals surface area contributed by atoms with Crippen LogP contribution in [0.5, 0.6) is 0 Å². The highest BCUT2D eigenvalue weighted by Crippen LogP contribution is 2.27. The van der Waals surface area contributed by atoms with Crippen molar-refractivity contribution in [2.75, 3.05) is 6.54 Å². The van der Waals surface area contributed by atoms with Crippen molar-refractivity contribution < 1.29 is 4.79 Å². The molecule has 31 heavy (non-hydrogen) atoms. The molecule has 0 unspecified atom stereocenters. The van der Waals surface area contributed by atoms with Crippen molar-refractivity contribution >= 4 is 11.5 Å². The Hall–Kier alpha value is -3.27. The maximum Gasteiger partial charge on any atom is 0.202 e. The average Bonchev–Trinajstić information content (AvgIpc) is 2.80. The highest BCUT2D eigenvalue weighted by Gasteiger charge is 2.26.